The van der Waals surface area contributed by atoms with Crippen molar-refractivity contribution in [1.29, 1.82) is 0 Å². The number of ether oxygens (including phenoxy) is 2. The molecule has 424 valence electrons. The van der Waals surface area contributed by atoms with Gasteiger partial charge in [-0.3, -0.25) is 4.79 Å². The molecule has 1 aliphatic rings. The maximum atomic E-state index is 13.1. The summed E-state index contributed by atoms with van der Waals surface area (Å²) in [5.41, 5.74) is 0. The number of unbranched alkanes of at least 4 members (excludes halogenated alkanes) is 46. The molecular formula is C62H123NO8. The second-order valence-corrected chi connectivity index (χ2v) is 22.6. The number of carbonyl (C=O) groups excluding carboxylic acids is 1. The SMILES string of the molecule is CCCCCCCCCCCCCCCCCCCCCCCCCCCCCCCCCC(O)C(COC1OC(CO)C(O)C(O)C1O)NC(=O)CCCCCCCCCCCCCCCCCCC. The van der Waals surface area contributed by atoms with Crippen LogP contribution < -0.4 is 5.32 Å². The third-order valence-corrected chi connectivity index (χ3v) is 15.7. The minimum atomic E-state index is -1.55. The standard InChI is InChI=1S/C62H123NO8/c1-3-5-7-9-11-13-15-17-19-21-22-23-24-25-26-27-28-29-30-31-32-33-34-36-37-39-41-43-45-47-49-51-56(65)55(54-70-62-61(69)60(68)59(67)57(53-64)71-62)63-58(66)52-50-48-46-44-42-40-38-35-20-18-16-14-12-10-8-6-4-2/h55-57,59-62,64-65,67-69H,3-54H2,1-2H3,(H,63,66). The molecule has 9 heteroatoms. The molecule has 7 unspecified atom stereocenters. The molecule has 0 bridgehead atoms. The number of aliphatic hydroxyl groups excluding tert-OH is 5. The molecule has 0 aromatic heterocycles. The van der Waals surface area contributed by atoms with E-state index >= 15 is 0 Å². The van der Waals surface area contributed by atoms with E-state index in [1.165, 1.54) is 270 Å². The summed E-state index contributed by atoms with van der Waals surface area (Å²) in [5.74, 6) is -0.136. The van der Waals surface area contributed by atoms with E-state index in [1.54, 1.807) is 0 Å². The lowest BCUT2D eigenvalue weighted by Gasteiger charge is -2.40. The van der Waals surface area contributed by atoms with Gasteiger partial charge in [-0.15, -0.1) is 0 Å². The second kappa shape index (κ2) is 52.6. The van der Waals surface area contributed by atoms with Crippen LogP contribution in [0.2, 0.25) is 0 Å². The molecule has 0 spiro atoms. The topological polar surface area (TPSA) is 149 Å². The van der Waals surface area contributed by atoms with E-state index in [1.807, 2.05) is 0 Å². The van der Waals surface area contributed by atoms with Gasteiger partial charge in [0.15, 0.2) is 6.29 Å². The van der Waals surface area contributed by atoms with Gasteiger partial charge in [-0.25, -0.2) is 0 Å². The number of carbonyl (C=O) groups is 1. The van der Waals surface area contributed by atoms with E-state index in [-0.39, 0.29) is 12.5 Å². The fraction of sp³-hybridized carbons (Fsp3) is 0.984. The van der Waals surface area contributed by atoms with Gasteiger partial charge in [-0.2, -0.15) is 0 Å². The first-order valence-corrected chi connectivity index (χ1v) is 31.7. The number of aliphatic hydroxyl groups is 5. The van der Waals surface area contributed by atoms with Crippen LogP contribution in [-0.2, 0) is 14.3 Å². The van der Waals surface area contributed by atoms with Crippen molar-refractivity contribution in [3.8, 4) is 0 Å². The Kier molecular flexibility index (Phi) is 50.6. The average molecular weight is 1010 g/mol. The van der Waals surface area contributed by atoms with Gasteiger partial charge in [0.25, 0.3) is 0 Å². The van der Waals surface area contributed by atoms with Crippen molar-refractivity contribution in [3.63, 3.8) is 0 Å². The molecule has 1 rings (SSSR count). The highest BCUT2D eigenvalue weighted by Crippen LogP contribution is 2.24. The highest BCUT2D eigenvalue weighted by Gasteiger charge is 2.44. The van der Waals surface area contributed by atoms with Gasteiger partial charge in [0.2, 0.25) is 5.91 Å². The third kappa shape index (κ3) is 42.0. The normalized spacial score (nSPS) is 19.1. The molecular weight excluding hydrogens is 887 g/mol. The number of rotatable bonds is 56. The van der Waals surface area contributed by atoms with Gasteiger partial charge >= 0.3 is 0 Å². The van der Waals surface area contributed by atoms with Crippen molar-refractivity contribution >= 4 is 5.91 Å². The van der Waals surface area contributed by atoms with Crippen LogP contribution in [0.1, 0.15) is 335 Å². The maximum Gasteiger partial charge on any atom is 0.220 e. The summed E-state index contributed by atoms with van der Waals surface area (Å²) in [4.78, 5) is 13.1. The zero-order chi connectivity index (χ0) is 51.5. The molecule has 71 heavy (non-hydrogen) atoms. The zero-order valence-electron chi connectivity index (χ0n) is 47.3. The van der Waals surface area contributed by atoms with E-state index in [2.05, 4.69) is 19.2 Å². The molecule has 0 aromatic carbocycles. The van der Waals surface area contributed by atoms with E-state index in [0.29, 0.717) is 12.8 Å². The van der Waals surface area contributed by atoms with Crippen molar-refractivity contribution < 1.29 is 39.8 Å². The quantitative estimate of drug-likeness (QED) is 0.0330. The minimum absolute atomic E-state index is 0.131. The van der Waals surface area contributed by atoms with E-state index in [9.17, 15) is 30.3 Å². The molecule has 7 atom stereocenters. The van der Waals surface area contributed by atoms with Gasteiger partial charge in [-0.05, 0) is 12.8 Å². The lowest BCUT2D eigenvalue weighted by molar-refractivity contribution is -0.302. The van der Waals surface area contributed by atoms with E-state index in [0.717, 1.165) is 38.5 Å². The summed E-state index contributed by atoms with van der Waals surface area (Å²) >= 11 is 0. The molecule has 0 saturated carbocycles. The van der Waals surface area contributed by atoms with Gasteiger partial charge in [0.05, 0.1) is 25.4 Å². The Morgan fingerprint density at radius 2 is 0.704 bits per heavy atom. The van der Waals surface area contributed by atoms with Crippen LogP contribution in [-0.4, -0.2) is 87.5 Å². The Morgan fingerprint density at radius 1 is 0.423 bits per heavy atom. The smallest absolute Gasteiger partial charge is 0.220 e. The fourth-order valence-corrected chi connectivity index (χ4v) is 10.7. The highest BCUT2D eigenvalue weighted by molar-refractivity contribution is 5.76. The van der Waals surface area contributed by atoms with Crippen LogP contribution in [0.25, 0.3) is 0 Å². The van der Waals surface area contributed by atoms with Crippen LogP contribution >= 0.6 is 0 Å². The van der Waals surface area contributed by atoms with Crippen LogP contribution in [0, 0.1) is 0 Å². The third-order valence-electron chi connectivity index (χ3n) is 15.7. The summed E-state index contributed by atoms with van der Waals surface area (Å²) < 4.78 is 11.3. The van der Waals surface area contributed by atoms with Gasteiger partial charge in [0, 0.05) is 6.42 Å². The van der Waals surface area contributed by atoms with Crippen LogP contribution in [0.15, 0.2) is 0 Å². The summed E-state index contributed by atoms with van der Waals surface area (Å²) in [7, 11) is 0. The van der Waals surface area contributed by atoms with Crippen molar-refractivity contribution in [1.82, 2.24) is 5.32 Å². The van der Waals surface area contributed by atoms with Crippen molar-refractivity contribution in [3.05, 3.63) is 0 Å². The average Bonchev–Trinajstić information content (AvgIpc) is 3.37. The van der Waals surface area contributed by atoms with Crippen LogP contribution in [0.5, 0.6) is 0 Å². The zero-order valence-corrected chi connectivity index (χ0v) is 47.3. The molecule has 1 aliphatic heterocycles. The lowest BCUT2D eigenvalue weighted by Crippen LogP contribution is -2.60. The van der Waals surface area contributed by atoms with Gasteiger partial charge < -0.3 is 40.3 Å². The largest absolute Gasteiger partial charge is 0.394 e. The Hall–Kier alpha value is -0.810. The lowest BCUT2D eigenvalue weighted by atomic mass is 9.99. The Labute approximate surface area is 440 Å². The molecule has 1 heterocycles. The highest BCUT2D eigenvalue weighted by atomic mass is 16.7. The molecule has 1 amide bonds. The summed E-state index contributed by atoms with van der Waals surface area (Å²) in [6.07, 6.45) is 57.3. The Morgan fingerprint density at radius 3 is 1.00 bits per heavy atom. The molecule has 1 fully saturated rings. The summed E-state index contributed by atoms with van der Waals surface area (Å²) in [6, 6.07) is -0.714. The molecule has 0 radical (unpaired) electrons. The Bertz CT molecular complexity index is 1080. The molecule has 0 aromatic rings. The molecule has 6 N–H and O–H groups in total. The number of amides is 1. The van der Waals surface area contributed by atoms with E-state index in [4.69, 9.17) is 9.47 Å². The first kappa shape index (κ1) is 68.2. The van der Waals surface area contributed by atoms with Crippen molar-refractivity contribution in [2.45, 2.75) is 378 Å². The second-order valence-electron chi connectivity index (χ2n) is 22.6. The molecule has 0 aliphatic carbocycles. The summed E-state index contributed by atoms with van der Waals surface area (Å²) in [5, 5.41) is 54.8. The fourth-order valence-electron chi connectivity index (χ4n) is 10.7. The minimum Gasteiger partial charge on any atom is -0.394 e. The van der Waals surface area contributed by atoms with Gasteiger partial charge in [0.1, 0.15) is 24.4 Å². The van der Waals surface area contributed by atoms with Crippen LogP contribution in [0.4, 0.5) is 0 Å². The number of nitrogens with one attached hydrogen (secondary N) is 1. The molecule has 9 nitrogen and oxygen atoms in total. The number of hydrogen-bond donors (Lipinski definition) is 6. The van der Waals surface area contributed by atoms with Crippen molar-refractivity contribution in [2.75, 3.05) is 13.2 Å². The number of hydrogen-bond acceptors (Lipinski definition) is 8. The van der Waals surface area contributed by atoms with Crippen LogP contribution in [0.3, 0.4) is 0 Å². The monoisotopic (exact) mass is 1010 g/mol. The Balaban J connectivity index is 2.11. The van der Waals surface area contributed by atoms with Crippen molar-refractivity contribution in [2.24, 2.45) is 0 Å². The van der Waals surface area contributed by atoms with Gasteiger partial charge in [-0.1, -0.05) is 316 Å². The summed E-state index contributed by atoms with van der Waals surface area (Å²) in [6.45, 7) is 3.89. The molecule has 1 saturated heterocycles. The first-order valence-electron chi connectivity index (χ1n) is 31.7. The first-order chi connectivity index (χ1) is 34.8. The predicted molar refractivity (Wildman–Crippen MR) is 300 cm³/mol. The predicted octanol–water partition coefficient (Wildman–Crippen LogP) is 16.2. The maximum absolute atomic E-state index is 13.1. The van der Waals surface area contributed by atoms with E-state index < -0.39 is 49.5 Å².